The maximum atomic E-state index is 13.1. The predicted molar refractivity (Wildman–Crippen MR) is 61.0 cm³/mol. The summed E-state index contributed by atoms with van der Waals surface area (Å²) in [5.41, 5.74) is 5.92. The van der Waals surface area contributed by atoms with E-state index < -0.39 is 11.9 Å². The van der Waals surface area contributed by atoms with Crippen LogP contribution >= 0.6 is 15.9 Å². The Labute approximate surface area is 96.0 Å². The van der Waals surface area contributed by atoms with Crippen LogP contribution in [0.4, 0.5) is 10.1 Å². The minimum absolute atomic E-state index is 0.306. The van der Waals surface area contributed by atoms with Crippen LogP contribution in [0, 0.1) is 5.82 Å². The van der Waals surface area contributed by atoms with Crippen molar-refractivity contribution in [3.05, 3.63) is 28.5 Å². The highest BCUT2D eigenvalue weighted by Gasteiger charge is 2.11. The molecule has 1 amide bonds. The first-order valence-electron chi connectivity index (χ1n) is 4.56. The molecule has 0 heterocycles. The van der Waals surface area contributed by atoms with Gasteiger partial charge in [-0.1, -0.05) is 6.92 Å². The lowest BCUT2D eigenvalue weighted by Gasteiger charge is -2.10. The van der Waals surface area contributed by atoms with Crippen LogP contribution in [0.25, 0.3) is 0 Å². The minimum atomic E-state index is -0.559. The van der Waals surface area contributed by atoms with Crippen molar-refractivity contribution < 1.29 is 9.18 Å². The monoisotopic (exact) mass is 274 g/mol. The summed E-state index contributed by atoms with van der Waals surface area (Å²) in [4.78, 5) is 11.4. The van der Waals surface area contributed by atoms with E-state index in [4.69, 9.17) is 5.73 Å². The summed E-state index contributed by atoms with van der Waals surface area (Å²) in [5, 5.41) is 2.54. The van der Waals surface area contributed by atoms with Crippen LogP contribution in [-0.4, -0.2) is 11.9 Å². The van der Waals surface area contributed by atoms with E-state index in [2.05, 4.69) is 21.2 Å². The van der Waals surface area contributed by atoms with Crippen molar-refractivity contribution in [3.8, 4) is 0 Å². The van der Waals surface area contributed by atoms with E-state index in [1.807, 2.05) is 6.92 Å². The topological polar surface area (TPSA) is 55.1 Å². The average molecular weight is 275 g/mol. The van der Waals surface area contributed by atoms with Gasteiger partial charge in [-0.05, 0) is 40.5 Å². The van der Waals surface area contributed by atoms with Crippen molar-refractivity contribution >= 4 is 27.5 Å². The Bertz CT molecular complexity index is 370. The van der Waals surface area contributed by atoms with Crippen LogP contribution in [0.5, 0.6) is 0 Å². The first-order valence-corrected chi connectivity index (χ1v) is 5.35. The largest absolute Gasteiger partial charge is 0.325 e. The Morgan fingerprint density at radius 3 is 2.87 bits per heavy atom. The van der Waals surface area contributed by atoms with Crippen molar-refractivity contribution in [2.75, 3.05) is 5.32 Å². The molecule has 82 valence electrons. The van der Waals surface area contributed by atoms with Gasteiger partial charge in [-0.2, -0.15) is 0 Å². The second-order valence-corrected chi connectivity index (χ2v) is 3.99. The molecule has 1 atom stereocenters. The molecule has 0 saturated heterocycles. The number of halogens is 2. The average Bonchev–Trinajstić information content (AvgIpc) is 2.22. The number of amides is 1. The lowest BCUT2D eigenvalue weighted by Crippen LogP contribution is -2.34. The molecule has 1 aromatic carbocycles. The number of hydrogen-bond acceptors (Lipinski definition) is 2. The van der Waals surface area contributed by atoms with Gasteiger partial charge >= 0.3 is 0 Å². The summed E-state index contributed by atoms with van der Waals surface area (Å²) >= 11 is 3.03. The fourth-order valence-corrected chi connectivity index (χ4v) is 1.24. The van der Waals surface area contributed by atoms with E-state index in [1.165, 1.54) is 12.1 Å². The number of carbonyl (C=O) groups excluding carboxylic acids is 1. The molecular weight excluding hydrogens is 263 g/mol. The van der Waals surface area contributed by atoms with Crippen LogP contribution in [0.15, 0.2) is 22.7 Å². The highest BCUT2D eigenvalue weighted by molar-refractivity contribution is 9.10. The van der Waals surface area contributed by atoms with Gasteiger partial charge in [-0.3, -0.25) is 4.79 Å². The first kappa shape index (κ1) is 12.1. The van der Waals surface area contributed by atoms with Gasteiger partial charge in [0.25, 0.3) is 0 Å². The molecule has 15 heavy (non-hydrogen) atoms. The second-order valence-electron chi connectivity index (χ2n) is 3.13. The smallest absolute Gasteiger partial charge is 0.241 e. The number of nitrogens with one attached hydrogen (secondary N) is 1. The van der Waals surface area contributed by atoms with Gasteiger partial charge < -0.3 is 11.1 Å². The summed E-state index contributed by atoms with van der Waals surface area (Å²) in [6, 6.07) is 3.82. The zero-order chi connectivity index (χ0) is 11.4. The molecule has 0 fully saturated rings. The van der Waals surface area contributed by atoms with Gasteiger partial charge in [0.05, 0.1) is 10.5 Å². The molecular formula is C10H12BrFN2O. The van der Waals surface area contributed by atoms with Crippen LogP contribution in [-0.2, 0) is 4.79 Å². The van der Waals surface area contributed by atoms with Crippen LogP contribution < -0.4 is 11.1 Å². The van der Waals surface area contributed by atoms with Gasteiger partial charge in [-0.25, -0.2) is 4.39 Å². The lowest BCUT2D eigenvalue weighted by molar-refractivity contribution is -0.117. The maximum absolute atomic E-state index is 13.1. The maximum Gasteiger partial charge on any atom is 0.241 e. The molecule has 0 saturated carbocycles. The van der Waals surface area contributed by atoms with E-state index in [1.54, 1.807) is 6.07 Å². The Hall–Kier alpha value is -0.940. The molecule has 0 aliphatic heterocycles. The molecule has 0 aromatic heterocycles. The van der Waals surface area contributed by atoms with Gasteiger partial charge in [0.1, 0.15) is 5.82 Å². The SMILES string of the molecule is CCC(N)C(=O)Nc1ccc(Br)c(F)c1. The number of carbonyl (C=O) groups is 1. The first-order chi connectivity index (χ1) is 7.04. The fraction of sp³-hybridized carbons (Fsp3) is 0.300. The van der Waals surface area contributed by atoms with Gasteiger partial charge in [0.2, 0.25) is 5.91 Å². The van der Waals surface area contributed by atoms with Crippen molar-refractivity contribution in [1.29, 1.82) is 0 Å². The van der Waals surface area contributed by atoms with E-state index in [0.29, 0.717) is 16.6 Å². The molecule has 3 nitrogen and oxygen atoms in total. The molecule has 3 N–H and O–H groups in total. The summed E-state index contributed by atoms with van der Waals surface area (Å²) in [6.45, 7) is 1.81. The predicted octanol–water partition coefficient (Wildman–Crippen LogP) is 2.26. The molecule has 0 aliphatic carbocycles. The normalized spacial score (nSPS) is 12.3. The van der Waals surface area contributed by atoms with Crippen LogP contribution in [0.3, 0.4) is 0 Å². The number of nitrogens with two attached hydrogens (primary N) is 1. The van der Waals surface area contributed by atoms with Crippen LogP contribution in [0.2, 0.25) is 0 Å². The summed E-state index contributed by atoms with van der Waals surface area (Å²) in [5.74, 6) is -0.725. The zero-order valence-electron chi connectivity index (χ0n) is 8.26. The third-order valence-corrected chi connectivity index (χ3v) is 2.61. The molecule has 1 rings (SSSR count). The third kappa shape index (κ3) is 3.28. The highest BCUT2D eigenvalue weighted by atomic mass is 79.9. The van der Waals surface area contributed by atoms with Crippen molar-refractivity contribution in [2.24, 2.45) is 5.73 Å². The summed E-state index contributed by atoms with van der Waals surface area (Å²) in [6.07, 6.45) is 0.546. The quantitative estimate of drug-likeness (QED) is 0.889. The number of hydrogen-bond donors (Lipinski definition) is 2. The number of anilines is 1. The summed E-state index contributed by atoms with van der Waals surface area (Å²) in [7, 11) is 0. The number of rotatable bonds is 3. The second kappa shape index (κ2) is 5.23. The van der Waals surface area contributed by atoms with Crippen molar-refractivity contribution in [3.63, 3.8) is 0 Å². The molecule has 0 aliphatic rings. The third-order valence-electron chi connectivity index (χ3n) is 1.96. The molecule has 0 radical (unpaired) electrons. The Balaban J connectivity index is 2.73. The van der Waals surface area contributed by atoms with Gasteiger partial charge in [0, 0.05) is 5.69 Å². The minimum Gasteiger partial charge on any atom is -0.325 e. The Morgan fingerprint density at radius 2 is 2.33 bits per heavy atom. The molecule has 5 heteroatoms. The molecule has 1 aromatic rings. The van der Waals surface area contributed by atoms with E-state index in [9.17, 15) is 9.18 Å². The summed E-state index contributed by atoms with van der Waals surface area (Å²) < 4.78 is 13.4. The van der Waals surface area contributed by atoms with E-state index >= 15 is 0 Å². The lowest BCUT2D eigenvalue weighted by atomic mass is 10.2. The van der Waals surface area contributed by atoms with Crippen molar-refractivity contribution in [1.82, 2.24) is 0 Å². The molecule has 0 spiro atoms. The Morgan fingerprint density at radius 1 is 1.67 bits per heavy atom. The Kier molecular flexibility index (Phi) is 4.23. The standard InChI is InChI=1S/C10H12BrFN2O/c1-2-9(13)10(15)14-6-3-4-7(11)8(12)5-6/h3-5,9H,2,13H2,1H3,(H,14,15). The van der Waals surface area contributed by atoms with Gasteiger partial charge in [0.15, 0.2) is 0 Å². The van der Waals surface area contributed by atoms with Crippen molar-refractivity contribution in [2.45, 2.75) is 19.4 Å². The fourth-order valence-electron chi connectivity index (χ4n) is 0.994. The number of benzene rings is 1. The van der Waals surface area contributed by atoms with E-state index in [-0.39, 0.29) is 5.91 Å². The zero-order valence-corrected chi connectivity index (χ0v) is 9.84. The molecule has 1 unspecified atom stereocenters. The highest BCUT2D eigenvalue weighted by Crippen LogP contribution is 2.19. The van der Waals surface area contributed by atoms with Gasteiger partial charge in [-0.15, -0.1) is 0 Å². The molecule has 0 bridgehead atoms. The van der Waals surface area contributed by atoms with Crippen LogP contribution in [0.1, 0.15) is 13.3 Å². The van der Waals surface area contributed by atoms with E-state index in [0.717, 1.165) is 0 Å².